The molecular formula is C19H20N4OS. The Kier molecular flexibility index (Phi) is 4.21. The molecule has 25 heavy (non-hydrogen) atoms. The van der Waals surface area contributed by atoms with Gasteiger partial charge in [-0.05, 0) is 51.0 Å². The lowest BCUT2D eigenvalue weighted by molar-refractivity contribution is 0.0716. The van der Waals surface area contributed by atoms with E-state index in [4.69, 9.17) is 4.98 Å². The lowest BCUT2D eigenvalue weighted by Gasteiger charge is -2.31. The molecule has 3 aromatic heterocycles. The minimum Gasteiger partial charge on any atom is -0.338 e. The predicted octanol–water partition coefficient (Wildman–Crippen LogP) is 3.72. The highest BCUT2D eigenvalue weighted by molar-refractivity contribution is 7.13. The van der Waals surface area contributed by atoms with Gasteiger partial charge in [-0.15, -0.1) is 11.3 Å². The Balaban J connectivity index is 1.47. The van der Waals surface area contributed by atoms with Crippen molar-refractivity contribution >= 4 is 28.3 Å². The van der Waals surface area contributed by atoms with Crippen LogP contribution in [0.5, 0.6) is 0 Å². The number of hydrogen-bond donors (Lipinski definition) is 0. The molecule has 0 aliphatic carbocycles. The molecule has 0 N–H and O–H groups in total. The third kappa shape index (κ3) is 3.14. The van der Waals surface area contributed by atoms with Crippen molar-refractivity contribution in [2.75, 3.05) is 13.1 Å². The molecule has 6 heteroatoms. The van der Waals surface area contributed by atoms with Gasteiger partial charge in [0.05, 0.1) is 10.7 Å². The van der Waals surface area contributed by atoms with Gasteiger partial charge in [0.1, 0.15) is 4.88 Å². The van der Waals surface area contributed by atoms with Crippen molar-refractivity contribution in [3.05, 3.63) is 51.7 Å². The average molecular weight is 352 g/mol. The highest BCUT2D eigenvalue weighted by Gasteiger charge is 2.27. The molecule has 1 saturated heterocycles. The van der Waals surface area contributed by atoms with Gasteiger partial charge < -0.3 is 4.90 Å². The largest absolute Gasteiger partial charge is 0.338 e. The molecule has 3 aromatic rings. The molecule has 1 amide bonds. The lowest BCUT2D eigenvalue weighted by atomic mass is 9.92. The van der Waals surface area contributed by atoms with Crippen LogP contribution in [-0.2, 0) is 0 Å². The zero-order valence-corrected chi connectivity index (χ0v) is 15.2. The third-order valence-electron chi connectivity index (χ3n) is 4.78. The Hall–Kier alpha value is -2.34. The van der Waals surface area contributed by atoms with E-state index in [-0.39, 0.29) is 5.91 Å². The molecule has 0 radical (unpaired) electrons. The molecule has 0 spiro atoms. The van der Waals surface area contributed by atoms with E-state index in [0.29, 0.717) is 5.92 Å². The molecule has 0 bridgehead atoms. The molecular weight excluding hydrogens is 332 g/mol. The van der Waals surface area contributed by atoms with Gasteiger partial charge in [-0.1, -0.05) is 0 Å². The molecule has 0 atom stereocenters. The Bertz CT molecular complexity index is 928. The van der Waals surface area contributed by atoms with Crippen molar-refractivity contribution in [1.29, 1.82) is 0 Å². The van der Waals surface area contributed by atoms with Gasteiger partial charge in [0.25, 0.3) is 5.91 Å². The van der Waals surface area contributed by atoms with Crippen LogP contribution in [-0.4, -0.2) is 38.8 Å². The number of rotatable bonds is 2. The number of nitrogens with zero attached hydrogens (tertiary/aromatic N) is 4. The highest BCUT2D eigenvalue weighted by atomic mass is 32.1. The summed E-state index contributed by atoms with van der Waals surface area (Å²) in [7, 11) is 0. The van der Waals surface area contributed by atoms with Crippen molar-refractivity contribution in [3.8, 4) is 0 Å². The van der Waals surface area contributed by atoms with Crippen molar-refractivity contribution in [3.63, 3.8) is 0 Å². The van der Waals surface area contributed by atoms with Crippen LogP contribution < -0.4 is 0 Å². The number of aryl methyl sites for hydroxylation is 2. The summed E-state index contributed by atoms with van der Waals surface area (Å²) < 4.78 is 0. The third-order valence-corrected chi connectivity index (χ3v) is 5.84. The molecule has 0 saturated carbocycles. The second-order valence-electron chi connectivity index (χ2n) is 6.50. The van der Waals surface area contributed by atoms with Crippen molar-refractivity contribution in [2.24, 2.45) is 0 Å². The number of thiazole rings is 1. The first kappa shape index (κ1) is 16.1. The second kappa shape index (κ2) is 6.52. The number of carbonyl (C=O) groups excluding carboxylic acids is 1. The van der Waals surface area contributed by atoms with Gasteiger partial charge in [-0.2, -0.15) is 0 Å². The smallest absolute Gasteiger partial charge is 0.265 e. The Labute approximate surface area is 150 Å². The monoisotopic (exact) mass is 352 g/mol. The van der Waals surface area contributed by atoms with E-state index >= 15 is 0 Å². The molecule has 1 aliphatic heterocycles. The number of aromatic nitrogens is 3. The maximum absolute atomic E-state index is 12.7. The van der Waals surface area contributed by atoms with Gasteiger partial charge >= 0.3 is 0 Å². The Morgan fingerprint density at radius 1 is 1.16 bits per heavy atom. The van der Waals surface area contributed by atoms with Gasteiger partial charge in [0.15, 0.2) is 5.65 Å². The summed E-state index contributed by atoms with van der Waals surface area (Å²) >= 11 is 1.49. The zero-order valence-electron chi connectivity index (χ0n) is 14.4. The van der Waals surface area contributed by atoms with Gasteiger partial charge in [0, 0.05) is 36.3 Å². The number of amides is 1. The Morgan fingerprint density at radius 2 is 1.96 bits per heavy atom. The summed E-state index contributed by atoms with van der Waals surface area (Å²) in [5, 5.41) is 2.01. The first-order valence-corrected chi connectivity index (χ1v) is 9.38. The first-order chi connectivity index (χ1) is 12.1. The summed E-state index contributed by atoms with van der Waals surface area (Å²) in [5.74, 6) is 0.509. The van der Waals surface area contributed by atoms with E-state index in [1.807, 2.05) is 30.9 Å². The number of fused-ring (bicyclic) bond motifs is 1. The van der Waals surface area contributed by atoms with Crippen molar-refractivity contribution < 1.29 is 4.79 Å². The summed E-state index contributed by atoms with van der Waals surface area (Å²) in [6, 6.07) is 8.14. The van der Waals surface area contributed by atoms with E-state index in [1.54, 1.807) is 6.20 Å². The van der Waals surface area contributed by atoms with Crippen molar-refractivity contribution in [2.45, 2.75) is 32.6 Å². The van der Waals surface area contributed by atoms with Crippen LogP contribution in [0.4, 0.5) is 0 Å². The van der Waals surface area contributed by atoms with E-state index in [1.165, 1.54) is 11.3 Å². The molecule has 1 aliphatic rings. The van der Waals surface area contributed by atoms with Crippen molar-refractivity contribution in [1.82, 2.24) is 19.9 Å². The van der Waals surface area contributed by atoms with Crippen LogP contribution in [0, 0.1) is 13.8 Å². The quantitative estimate of drug-likeness (QED) is 0.705. The van der Waals surface area contributed by atoms with Crippen LogP contribution >= 0.6 is 11.3 Å². The summed E-state index contributed by atoms with van der Waals surface area (Å²) in [6.07, 6.45) is 3.65. The fourth-order valence-electron chi connectivity index (χ4n) is 3.45. The maximum Gasteiger partial charge on any atom is 0.265 e. The van der Waals surface area contributed by atoms with E-state index in [0.717, 1.165) is 58.2 Å². The van der Waals surface area contributed by atoms with Gasteiger partial charge in [0.2, 0.25) is 0 Å². The van der Waals surface area contributed by atoms with E-state index in [9.17, 15) is 4.79 Å². The number of likely N-dealkylation sites (tertiary alicyclic amines) is 1. The van der Waals surface area contributed by atoms with Gasteiger partial charge in [-0.25, -0.2) is 15.0 Å². The zero-order chi connectivity index (χ0) is 17.4. The predicted molar refractivity (Wildman–Crippen MR) is 99.0 cm³/mol. The SMILES string of the molecule is Cc1nc(C)c(C(=O)N2CCC(c3ccc4cccnc4n3)CC2)s1. The summed E-state index contributed by atoms with van der Waals surface area (Å²) in [5.41, 5.74) is 2.73. The molecule has 0 unspecified atom stereocenters. The van der Waals surface area contributed by atoms with Crippen LogP contribution in [0.15, 0.2) is 30.5 Å². The molecule has 5 nitrogen and oxygen atoms in total. The lowest BCUT2D eigenvalue weighted by Crippen LogP contribution is -2.38. The molecule has 4 heterocycles. The fourth-order valence-corrected chi connectivity index (χ4v) is 4.33. The van der Waals surface area contributed by atoms with Gasteiger partial charge in [-0.3, -0.25) is 4.79 Å². The second-order valence-corrected chi connectivity index (χ2v) is 7.70. The average Bonchev–Trinajstić information content (AvgIpc) is 2.99. The fraction of sp³-hybridized carbons (Fsp3) is 0.368. The van der Waals surface area contributed by atoms with E-state index in [2.05, 4.69) is 22.1 Å². The summed E-state index contributed by atoms with van der Waals surface area (Å²) in [4.78, 5) is 28.9. The summed E-state index contributed by atoms with van der Waals surface area (Å²) in [6.45, 7) is 5.39. The Morgan fingerprint density at radius 3 is 2.68 bits per heavy atom. The first-order valence-electron chi connectivity index (χ1n) is 8.57. The van der Waals surface area contributed by atoms with Crippen LogP contribution in [0.1, 0.15) is 44.8 Å². The number of hydrogen-bond acceptors (Lipinski definition) is 5. The topological polar surface area (TPSA) is 59.0 Å². The molecule has 4 rings (SSSR count). The van der Waals surface area contributed by atoms with Crippen LogP contribution in [0.25, 0.3) is 11.0 Å². The number of pyridine rings is 2. The number of carbonyl (C=O) groups is 1. The minimum atomic E-state index is 0.120. The van der Waals surface area contributed by atoms with Crippen LogP contribution in [0.3, 0.4) is 0 Å². The molecule has 1 fully saturated rings. The normalized spacial score (nSPS) is 15.7. The molecule has 128 valence electrons. The minimum absolute atomic E-state index is 0.120. The highest BCUT2D eigenvalue weighted by Crippen LogP contribution is 2.29. The molecule has 0 aromatic carbocycles. The van der Waals surface area contributed by atoms with E-state index < -0.39 is 0 Å². The number of piperidine rings is 1. The standard InChI is InChI=1S/C19H20N4OS/c1-12-17(25-13(2)21-12)19(24)23-10-7-14(8-11-23)16-6-5-15-4-3-9-20-18(15)22-16/h3-6,9,14H,7-8,10-11H2,1-2H3. The van der Waals surface area contributed by atoms with Crippen LogP contribution in [0.2, 0.25) is 0 Å². The maximum atomic E-state index is 12.7.